The van der Waals surface area contributed by atoms with E-state index in [-0.39, 0.29) is 0 Å². The molecule has 1 heterocycles. The molecule has 1 aromatic rings. The summed E-state index contributed by atoms with van der Waals surface area (Å²) >= 11 is 3.54. The first-order chi connectivity index (χ1) is 8.70. The standard InChI is InChI=1S/C16H24BrN/c1-13(7-9-17)8-10-18-12-14(2)11-15-5-3-4-6-16(15)18/h3-6,13-14H,7-12H2,1-2H3. The van der Waals surface area contributed by atoms with E-state index in [0.717, 1.165) is 17.2 Å². The SMILES string of the molecule is CC(CCBr)CCN1CC(C)Cc2ccccc21. The van der Waals surface area contributed by atoms with Crippen LogP contribution in [0.3, 0.4) is 0 Å². The molecule has 2 atom stereocenters. The fraction of sp³-hybridized carbons (Fsp3) is 0.625. The molecule has 0 fully saturated rings. The molecule has 0 amide bonds. The zero-order valence-electron chi connectivity index (χ0n) is 11.5. The number of rotatable bonds is 5. The lowest BCUT2D eigenvalue weighted by Crippen LogP contribution is -2.35. The van der Waals surface area contributed by atoms with Crippen LogP contribution in [0.5, 0.6) is 0 Å². The van der Waals surface area contributed by atoms with Crippen LogP contribution in [0, 0.1) is 11.8 Å². The van der Waals surface area contributed by atoms with Crippen LogP contribution >= 0.6 is 15.9 Å². The Morgan fingerprint density at radius 2 is 2.11 bits per heavy atom. The van der Waals surface area contributed by atoms with Crippen molar-refractivity contribution >= 4 is 21.6 Å². The van der Waals surface area contributed by atoms with E-state index in [1.165, 1.54) is 43.6 Å². The molecule has 1 aliphatic rings. The Morgan fingerprint density at radius 3 is 2.89 bits per heavy atom. The number of alkyl halides is 1. The molecule has 0 bridgehead atoms. The molecule has 0 aromatic heterocycles. The van der Waals surface area contributed by atoms with Crippen LogP contribution in [-0.2, 0) is 6.42 Å². The summed E-state index contributed by atoms with van der Waals surface area (Å²) in [7, 11) is 0. The summed E-state index contributed by atoms with van der Waals surface area (Å²) in [4.78, 5) is 2.59. The van der Waals surface area contributed by atoms with Gasteiger partial charge in [-0.15, -0.1) is 0 Å². The molecule has 1 aliphatic heterocycles. The highest BCUT2D eigenvalue weighted by Gasteiger charge is 2.21. The molecule has 2 rings (SSSR count). The summed E-state index contributed by atoms with van der Waals surface area (Å²) in [6.07, 6.45) is 3.82. The Balaban J connectivity index is 2.00. The fourth-order valence-electron chi connectivity index (χ4n) is 2.83. The lowest BCUT2D eigenvalue weighted by Gasteiger charge is -2.35. The number of nitrogens with zero attached hydrogens (tertiary/aromatic N) is 1. The van der Waals surface area contributed by atoms with Gasteiger partial charge in [0.2, 0.25) is 0 Å². The van der Waals surface area contributed by atoms with Crippen LogP contribution in [0.25, 0.3) is 0 Å². The van der Waals surface area contributed by atoms with Crippen LogP contribution in [0.4, 0.5) is 5.69 Å². The van der Waals surface area contributed by atoms with Gasteiger partial charge in [0.15, 0.2) is 0 Å². The van der Waals surface area contributed by atoms with Gasteiger partial charge in [0.25, 0.3) is 0 Å². The van der Waals surface area contributed by atoms with Crippen molar-refractivity contribution in [1.29, 1.82) is 0 Å². The second kappa shape index (κ2) is 6.60. The number of para-hydroxylation sites is 1. The first kappa shape index (κ1) is 13.9. The monoisotopic (exact) mass is 309 g/mol. The second-order valence-electron chi connectivity index (χ2n) is 5.76. The summed E-state index contributed by atoms with van der Waals surface area (Å²) < 4.78 is 0. The molecule has 0 saturated heterocycles. The fourth-order valence-corrected chi connectivity index (χ4v) is 3.61. The van der Waals surface area contributed by atoms with E-state index >= 15 is 0 Å². The van der Waals surface area contributed by atoms with Gasteiger partial charge >= 0.3 is 0 Å². The quantitative estimate of drug-likeness (QED) is 0.724. The van der Waals surface area contributed by atoms with Crippen molar-refractivity contribution < 1.29 is 0 Å². The van der Waals surface area contributed by atoms with Crippen molar-refractivity contribution in [1.82, 2.24) is 0 Å². The van der Waals surface area contributed by atoms with Crippen molar-refractivity contribution in [3.8, 4) is 0 Å². The molecule has 0 radical (unpaired) electrons. The number of anilines is 1. The van der Waals surface area contributed by atoms with Gasteiger partial charge < -0.3 is 4.90 Å². The Bertz CT molecular complexity index is 377. The third kappa shape index (κ3) is 3.50. The van der Waals surface area contributed by atoms with E-state index in [9.17, 15) is 0 Å². The van der Waals surface area contributed by atoms with Crippen molar-refractivity contribution in [3.63, 3.8) is 0 Å². The number of fused-ring (bicyclic) bond motifs is 1. The maximum atomic E-state index is 3.54. The minimum atomic E-state index is 0.784. The molecular formula is C16H24BrN. The Kier molecular flexibility index (Phi) is 5.11. The first-order valence-corrected chi connectivity index (χ1v) is 8.21. The van der Waals surface area contributed by atoms with Crippen molar-refractivity contribution in [2.75, 3.05) is 23.3 Å². The molecule has 0 aliphatic carbocycles. The van der Waals surface area contributed by atoms with Crippen LogP contribution in [0.1, 0.15) is 32.3 Å². The molecule has 100 valence electrons. The van der Waals surface area contributed by atoms with Gasteiger partial charge in [-0.3, -0.25) is 0 Å². The van der Waals surface area contributed by atoms with Gasteiger partial charge in [-0.05, 0) is 42.7 Å². The maximum Gasteiger partial charge on any atom is 0.0398 e. The van der Waals surface area contributed by atoms with E-state index in [0.29, 0.717) is 0 Å². The maximum absolute atomic E-state index is 3.54. The van der Waals surface area contributed by atoms with Crippen LogP contribution in [0.2, 0.25) is 0 Å². The molecule has 18 heavy (non-hydrogen) atoms. The third-order valence-electron chi connectivity index (χ3n) is 3.93. The van der Waals surface area contributed by atoms with Gasteiger partial charge in [-0.25, -0.2) is 0 Å². The lowest BCUT2D eigenvalue weighted by atomic mass is 9.93. The van der Waals surface area contributed by atoms with Crippen LogP contribution in [-0.4, -0.2) is 18.4 Å². The summed E-state index contributed by atoms with van der Waals surface area (Å²) in [6, 6.07) is 8.92. The van der Waals surface area contributed by atoms with Gasteiger partial charge in [0.05, 0.1) is 0 Å². The third-order valence-corrected chi connectivity index (χ3v) is 4.38. The highest BCUT2D eigenvalue weighted by atomic mass is 79.9. The Hall–Kier alpha value is -0.500. The van der Waals surface area contributed by atoms with E-state index in [2.05, 4.69) is 58.9 Å². The van der Waals surface area contributed by atoms with Crippen molar-refractivity contribution in [2.24, 2.45) is 11.8 Å². The molecule has 2 unspecified atom stereocenters. The normalized spacial score (nSPS) is 20.6. The largest absolute Gasteiger partial charge is 0.371 e. The minimum Gasteiger partial charge on any atom is -0.371 e. The average molecular weight is 310 g/mol. The van der Waals surface area contributed by atoms with Crippen molar-refractivity contribution in [2.45, 2.75) is 33.1 Å². The second-order valence-corrected chi connectivity index (χ2v) is 6.55. The van der Waals surface area contributed by atoms with Crippen LogP contribution in [0.15, 0.2) is 24.3 Å². The summed E-state index contributed by atoms with van der Waals surface area (Å²) in [5, 5.41) is 1.13. The Labute approximate surface area is 120 Å². The molecule has 0 spiro atoms. The average Bonchev–Trinajstić information content (AvgIpc) is 2.36. The molecule has 0 saturated carbocycles. The number of benzene rings is 1. The van der Waals surface area contributed by atoms with Gasteiger partial charge in [-0.1, -0.05) is 48.0 Å². The zero-order chi connectivity index (χ0) is 13.0. The molecule has 2 heteroatoms. The zero-order valence-corrected chi connectivity index (χ0v) is 13.1. The van der Waals surface area contributed by atoms with E-state index < -0.39 is 0 Å². The lowest BCUT2D eigenvalue weighted by molar-refractivity contribution is 0.478. The number of hydrogen-bond donors (Lipinski definition) is 0. The van der Waals surface area contributed by atoms with E-state index in [4.69, 9.17) is 0 Å². The molecule has 1 nitrogen and oxygen atoms in total. The smallest absolute Gasteiger partial charge is 0.0398 e. The summed E-state index contributed by atoms with van der Waals surface area (Å²) in [5.74, 6) is 1.60. The molecular weight excluding hydrogens is 286 g/mol. The topological polar surface area (TPSA) is 3.24 Å². The predicted octanol–water partition coefficient (Wildman–Crippen LogP) is 4.50. The van der Waals surface area contributed by atoms with E-state index in [1.807, 2.05) is 0 Å². The molecule has 0 N–H and O–H groups in total. The van der Waals surface area contributed by atoms with Gasteiger partial charge in [0, 0.05) is 24.1 Å². The highest BCUT2D eigenvalue weighted by molar-refractivity contribution is 9.09. The van der Waals surface area contributed by atoms with Gasteiger partial charge in [-0.2, -0.15) is 0 Å². The van der Waals surface area contributed by atoms with Crippen molar-refractivity contribution in [3.05, 3.63) is 29.8 Å². The van der Waals surface area contributed by atoms with E-state index in [1.54, 1.807) is 0 Å². The predicted molar refractivity (Wildman–Crippen MR) is 83.7 cm³/mol. The van der Waals surface area contributed by atoms with Gasteiger partial charge in [0.1, 0.15) is 0 Å². The highest BCUT2D eigenvalue weighted by Crippen LogP contribution is 2.29. The first-order valence-electron chi connectivity index (χ1n) is 7.09. The number of halogens is 1. The minimum absolute atomic E-state index is 0.784. The molecule has 1 aromatic carbocycles. The summed E-state index contributed by atoms with van der Waals surface area (Å²) in [5.41, 5.74) is 3.01. The number of hydrogen-bond acceptors (Lipinski definition) is 1. The Morgan fingerprint density at radius 1 is 1.33 bits per heavy atom. The summed E-state index contributed by atoms with van der Waals surface area (Å²) in [6.45, 7) is 7.15. The van der Waals surface area contributed by atoms with Crippen LogP contribution < -0.4 is 4.90 Å².